The van der Waals surface area contributed by atoms with Gasteiger partial charge in [0.2, 0.25) is 0 Å². The monoisotopic (exact) mass is 343 g/mol. The molecule has 0 bridgehead atoms. The van der Waals surface area contributed by atoms with Gasteiger partial charge in [0, 0.05) is 9.13 Å². The number of hydrogen-bond donors (Lipinski definition) is 1. The first kappa shape index (κ1) is 12.5. The van der Waals surface area contributed by atoms with E-state index in [4.69, 9.17) is 4.74 Å². The summed E-state index contributed by atoms with van der Waals surface area (Å²) in [6, 6.07) is 4.41. The summed E-state index contributed by atoms with van der Waals surface area (Å²) in [7, 11) is 0. The van der Waals surface area contributed by atoms with E-state index in [-0.39, 0.29) is 30.9 Å². The molecule has 1 heterocycles. The van der Waals surface area contributed by atoms with Crippen molar-refractivity contribution in [3.05, 3.63) is 33.1 Å². The van der Waals surface area contributed by atoms with Crippen LogP contribution in [-0.2, 0) is 4.74 Å². The molecule has 15 heavy (non-hydrogen) atoms. The van der Waals surface area contributed by atoms with E-state index in [0.717, 1.165) is 3.57 Å². The van der Waals surface area contributed by atoms with Crippen molar-refractivity contribution in [2.75, 3.05) is 6.61 Å². The minimum atomic E-state index is -0.492. The van der Waals surface area contributed by atoms with Crippen LogP contribution in [0.25, 0.3) is 0 Å². The van der Waals surface area contributed by atoms with Gasteiger partial charge in [0.1, 0.15) is 12.4 Å². The first-order valence-corrected chi connectivity index (χ1v) is 5.13. The maximum absolute atomic E-state index is 13.3. The van der Waals surface area contributed by atoms with Crippen LogP contribution in [-0.4, -0.2) is 12.7 Å². The van der Waals surface area contributed by atoms with Gasteiger partial charge in [0.25, 0.3) is 0 Å². The summed E-state index contributed by atoms with van der Waals surface area (Å²) in [5.74, 6) is -0.318. The van der Waals surface area contributed by atoms with Gasteiger partial charge in [-0.25, -0.2) is 9.18 Å². The number of benzene rings is 1. The fourth-order valence-corrected chi connectivity index (χ4v) is 1.85. The normalized spacial score (nSPS) is 19.1. The van der Waals surface area contributed by atoms with Gasteiger partial charge < -0.3 is 10.1 Å². The maximum Gasteiger partial charge on any atom is 0.407 e. The van der Waals surface area contributed by atoms with E-state index in [2.05, 4.69) is 27.9 Å². The average molecular weight is 344 g/mol. The molecule has 0 saturated carbocycles. The van der Waals surface area contributed by atoms with E-state index in [1.165, 1.54) is 6.07 Å². The van der Waals surface area contributed by atoms with Crippen LogP contribution in [0, 0.1) is 9.39 Å². The minimum absolute atomic E-state index is 0. The van der Waals surface area contributed by atoms with Crippen LogP contribution in [0.2, 0.25) is 0 Å². The molecule has 2 rings (SSSR count). The van der Waals surface area contributed by atoms with E-state index in [9.17, 15) is 9.18 Å². The predicted molar refractivity (Wildman–Crippen MR) is 63.6 cm³/mol. The Morgan fingerprint density at radius 3 is 2.87 bits per heavy atom. The van der Waals surface area contributed by atoms with Crippen molar-refractivity contribution in [2.24, 2.45) is 0 Å². The number of nitrogens with one attached hydrogen (secondary N) is 1. The van der Waals surface area contributed by atoms with Crippen molar-refractivity contribution in [2.45, 2.75) is 6.04 Å². The third kappa shape index (κ3) is 2.72. The molecule has 3 nitrogen and oxygen atoms in total. The van der Waals surface area contributed by atoms with E-state index in [0.29, 0.717) is 5.56 Å². The van der Waals surface area contributed by atoms with Gasteiger partial charge in [0.05, 0.1) is 6.04 Å². The molecular weight excluding hydrogens is 335 g/mol. The van der Waals surface area contributed by atoms with Crippen molar-refractivity contribution in [1.82, 2.24) is 5.32 Å². The Hall–Kier alpha value is -0.560. The fourth-order valence-electron chi connectivity index (χ4n) is 1.33. The summed E-state index contributed by atoms with van der Waals surface area (Å²) in [6.45, 7) is 0.190. The number of halogens is 3. The zero-order valence-corrected chi connectivity index (χ0v) is 10.5. The van der Waals surface area contributed by atoms with Crippen LogP contribution in [0.3, 0.4) is 0 Å². The highest BCUT2D eigenvalue weighted by molar-refractivity contribution is 14.1. The van der Waals surface area contributed by atoms with Gasteiger partial charge in [-0.15, -0.1) is 12.4 Å². The minimum Gasteiger partial charge on any atom is -0.447 e. The van der Waals surface area contributed by atoms with Crippen LogP contribution < -0.4 is 5.32 Å². The van der Waals surface area contributed by atoms with Crippen molar-refractivity contribution >= 4 is 41.1 Å². The number of carbonyl (C=O) groups is 1. The maximum atomic E-state index is 13.3. The highest BCUT2D eigenvalue weighted by Crippen LogP contribution is 2.22. The number of amides is 1. The molecule has 0 unspecified atom stereocenters. The van der Waals surface area contributed by atoms with Gasteiger partial charge in [-0.2, -0.15) is 0 Å². The molecule has 82 valence electrons. The molecule has 1 aliphatic rings. The lowest BCUT2D eigenvalue weighted by Gasteiger charge is -2.08. The zero-order valence-electron chi connectivity index (χ0n) is 7.50. The van der Waals surface area contributed by atoms with Crippen molar-refractivity contribution in [3.8, 4) is 0 Å². The quantitative estimate of drug-likeness (QED) is 0.796. The number of ether oxygens (including phenoxy) is 1. The lowest BCUT2D eigenvalue weighted by Crippen LogP contribution is -2.19. The second kappa shape index (κ2) is 4.98. The second-order valence-corrected chi connectivity index (χ2v) is 4.21. The molecule has 0 aliphatic carbocycles. The molecule has 1 atom stereocenters. The van der Waals surface area contributed by atoms with Gasteiger partial charge in [-0.3, -0.25) is 0 Å². The average Bonchev–Trinajstić information content (AvgIpc) is 2.56. The van der Waals surface area contributed by atoms with Gasteiger partial charge >= 0.3 is 6.09 Å². The molecule has 1 saturated heterocycles. The Morgan fingerprint density at radius 1 is 1.53 bits per heavy atom. The molecule has 1 aromatic rings. The van der Waals surface area contributed by atoms with Gasteiger partial charge in [-0.05, 0) is 40.8 Å². The molecule has 1 fully saturated rings. The molecule has 1 aromatic carbocycles. The Kier molecular flexibility index (Phi) is 4.15. The Bertz CT molecular complexity index is 388. The van der Waals surface area contributed by atoms with Crippen LogP contribution in [0.1, 0.15) is 11.6 Å². The summed E-state index contributed by atoms with van der Waals surface area (Å²) in [5.41, 5.74) is 0.475. The highest BCUT2D eigenvalue weighted by Gasteiger charge is 2.26. The highest BCUT2D eigenvalue weighted by atomic mass is 127. The standard InChI is InChI=1S/C9H7FINO2.ClH/c10-7-2-1-5(11)3-6(7)8-4-14-9(13)12-8;/h1-3,8H,4H2,(H,12,13);1H/t8-;/m1./s1. The first-order valence-electron chi connectivity index (χ1n) is 4.05. The third-order valence-corrected chi connectivity index (χ3v) is 2.68. The molecular formula is C9H8ClFINO2. The van der Waals surface area contributed by atoms with Crippen molar-refractivity contribution in [3.63, 3.8) is 0 Å². The SMILES string of the molecule is Cl.O=C1N[C@@H](c2cc(I)ccc2F)CO1. The lowest BCUT2D eigenvalue weighted by atomic mass is 10.1. The van der Waals surface area contributed by atoms with E-state index in [1.807, 2.05) is 0 Å². The topological polar surface area (TPSA) is 38.3 Å². The summed E-state index contributed by atoms with van der Waals surface area (Å²) in [5, 5.41) is 2.53. The number of cyclic esters (lactones) is 1. The van der Waals surface area contributed by atoms with Crippen LogP contribution in [0.4, 0.5) is 9.18 Å². The van der Waals surface area contributed by atoms with E-state index >= 15 is 0 Å². The molecule has 1 aliphatic heterocycles. The molecule has 6 heteroatoms. The summed E-state index contributed by atoms with van der Waals surface area (Å²) in [6.07, 6.45) is -0.492. The van der Waals surface area contributed by atoms with Crippen LogP contribution >= 0.6 is 35.0 Å². The lowest BCUT2D eigenvalue weighted by molar-refractivity contribution is 0.177. The third-order valence-electron chi connectivity index (χ3n) is 2.01. The van der Waals surface area contributed by atoms with Crippen molar-refractivity contribution < 1.29 is 13.9 Å². The molecule has 0 spiro atoms. The first-order chi connectivity index (χ1) is 6.66. The van der Waals surface area contributed by atoms with Gasteiger partial charge in [-0.1, -0.05) is 0 Å². The predicted octanol–water partition coefficient (Wildman–Crippen LogP) is 2.63. The largest absolute Gasteiger partial charge is 0.447 e. The number of carbonyl (C=O) groups excluding carboxylic acids is 1. The van der Waals surface area contributed by atoms with Gasteiger partial charge in [0.15, 0.2) is 0 Å². The summed E-state index contributed by atoms with van der Waals surface area (Å²) in [4.78, 5) is 10.8. The van der Waals surface area contributed by atoms with Crippen molar-refractivity contribution in [1.29, 1.82) is 0 Å². The molecule has 1 amide bonds. The van der Waals surface area contributed by atoms with E-state index < -0.39 is 6.09 Å². The second-order valence-electron chi connectivity index (χ2n) is 2.96. The summed E-state index contributed by atoms with van der Waals surface area (Å²) < 4.78 is 19.0. The number of hydrogen-bond acceptors (Lipinski definition) is 2. The Balaban J connectivity index is 0.00000112. The van der Waals surface area contributed by atoms with E-state index in [1.54, 1.807) is 12.1 Å². The van der Waals surface area contributed by atoms with Crippen LogP contribution in [0.15, 0.2) is 18.2 Å². The number of alkyl carbamates (subject to hydrolysis) is 1. The molecule has 0 radical (unpaired) electrons. The number of rotatable bonds is 1. The molecule has 0 aromatic heterocycles. The molecule has 1 N–H and O–H groups in total. The fraction of sp³-hybridized carbons (Fsp3) is 0.222. The summed E-state index contributed by atoms with van der Waals surface area (Å²) >= 11 is 2.09. The smallest absolute Gasteiger partial charge is 0.407 e. The Morgan fingerprint density at radius 2 is 2.27 bits per heavy atom. The Labute approximate surface area is 106 Å². The zero-order chi connectivity index (χ0) is 10.1. The van der Waals surface area contributed by atoms with Crippen LogP contribution in [0.5, 0.6) is 0 Å².